The molecular weight excluding hydrogens is 450 g/mol. The van der Waals surface area contributed by atoms with Crippen molar-refractivity contribution in [2.75, 3.05) is 18.4 Å². The molecule has 8 heteroatoms. The van der Waals surface area contributed by atoms with Crippen molar-refractivity contribution in [2.24, 2.45) is 0 Å². The molecule has 7 nitrogen and oxygen atoms in total. The Bertz CT molecular complexity index is 1130. The maximum Gasteiger partial charge on any atom is 0.319 e. The number of guanidine groups is 1. The summed E-state index contributed by atoms with van der Waals surface area (Å²) in [6.45, 7) is 0.807. The van der Waals surface area contributed by atoms with Crippen molar-refractivity contribution in [3.8, 4) is 0 Å². The van der Waals surface area contributed by atoms with Gasteiger partial charge in [-0.3, -0.25) is 15.1 Å². The fourth-order valence-electron chi connectivity index (χ4n) is 4.08. The van der Waals surface area contributed by atoms with Crippen LogP contribution < -0.4 is 16.0 Å². The lowest BCUT2D eigenvalue weighted by molar-refractivity contribution is -0.130. The monoisotopic (exact) mass is 475 g/mol. The number of nitrogens with zero attached hydrogens (tertiary/aromatic N) is 1. The van der Waals surface area contributed by atoms with Crippen LogP contribution in [0.2, 0.25) is 5.02 Å². The highest BCUT2D eigenvalue weighted by Crippen LogP contribution is 2.35. The molecule has 3 aromatic rings. The molecule has 4 rings (SSSR count). The van der Waals surface area contributed by atoms with E-state index in [2.05, 4.69) is 16.0 Å². The molecule has 174 valence electrons. The Balaban J connectivity index is 1.36. The molecule has 3 aromatic carbocycles. The van der Waals surface area contributed by atoms with Crippen molar-refractivity contribution in [1.82, 2.24) is 15.5 Å². The molecule has 1 saturated heterocycles. The minimum absolute atomic E-state index is 0.0714. The average Bonchev–Trinajstić information content (AvgIpc) is 3.12. The van der Waals surface area contributed by atoms with Gasteiger partial charge in [0.25, 0.3) is 5.91 Å². The van der Waals surface area contributed by atoms with Gasteiger partial charge in [-0.1, -0.05) is 84.4 Å². The highest BCUT2D eigenvalue weighted by Gasteiger charge is 2.51. The van der Waals surface area contributed by atoms with E-state index in [0.29, 0.717) is 36.6 Å². The number of hydrogen-bond acceptors (Lipinski definition) is 3. The van der Waals surface area contributed by atoms with Crippen LogP contribution in [0.1, 0.15) is 24.0 Å². The number of nitrogens with one attached hydrogen (secondary N) is 4. The molecule has 0 unspecified atom stereocenters. The third-order valence-electron chi connectivity index (χ3n) is 5.77. The number of unbranched alkanes of at least 4 members (excludes halogenated alkanes) is 1. The molecule has 34 heavy (non-hydrogen) atoms. The molecule has 4 N–H and O–H groups in total. The van der Waals surface area contributed by atoms with Gasteiger partial charge in [-0.15, -0.1) is 0 Å². The second-order valence-corrected chi connectivity index (χ2v) is 8.39. The van der Waals surface area contributed by atoms with Gasteiger partial charge in [-0.05, 0) is 36.1 Å². The predicted molar refractivity (Wildman–Crippen MR) is 134 cm³/mol. The maximum absolute atomic E-state index is 13.7. The van der Waals surface area contributed by atoms with E-state index < -0.39 is 5.54 Å². The molecule has 0 aliphatic carbocycles. The first-order valence-corrected chi connectivity index (χ1v) is 11.5. The van der Waals surface area contributed by atoms with Gasteiger partial charge < -0.3 is 16.0 Å². The summed E-state index contributed by atoms with van der Waals surface area (Å²) in [6.07, 6.45) is 1.28. The van der Waals surface area contributed by atoms with Crippen LogP contribution in [0.3, 0.4) is 0 Å². The molecule has 1 aliphatic heterocycles. The smallest absolute Gasteiger partial charge is 0.319 e. The Morgan fingerprint density at radius 2 is 1.50 bits per heavy atom. The van der Waals surface area contributed by atoms with E-state index in [1.807, 2.05) is 60.7 Å². The summed E-state index contributed by atoms with van der Waals surface area (Å²) in [4.78, 5) is 27.2. The van der Waals surface area contributed by atoms with Crippen molar-refractivity contribution >= 4 is 35.2 Å². The van der Waals surface area contributed by atoms with Crippen molar-refractivity contribution in [1.29, 1.82) is 5.41 Å². The van der Waals surface area contributed by atoms with Crippen LogP contribution in [0, 0.1) is 5.41 Å². The van der Waals surface area contributed by atoms with Crippen LogP contribution in [0.4, 0.5) is 10.5 Å². The lowest BCUT2D eigenvalue weighted by atomic mass is 9.82. The number of hydrogen-bond donors (Lipinski definition) is 4. The Labute approximate surface area is 203 Å². The summed E-state index contributed by atoms with van der Waals surface area (Å²) < 4.78 is 0. The van der Waals surface area contributed by atoms with Crippen LogP contribution in [0.25, 0.3) is 0 Å². The topological polar surface area (TPSA) is 97.3 Å². The third kappa shape index (κ3) is 4.75. The zero-order chi connectivity index (χ0) is 24.0. The third-order valence-corrected chi connectivity index (χ3v) is 6.10. The largest absolute Gasteiger partial charge is 0.338 e. The number of amides is 3. The van der Waals surface area contributed by atoms with Gasteiger partial charge in [0.15, 0.2) is 11.5 Å². The standard InChI is InChI=1S/C26H26ClN5O2/c27-21-15-7-8-16-22(21)30-25(34)29-17-9-10-18-32-23(33)26(31-24(32)28,19-11-3-1-4-12-19)20-13-5-2-6-14-20/h1-8,11-16H,9-10,17-18H2,(H2,28,31)(H2,29,30,34). The summed E-state index contributed by atoms with van der Waals surface area (Å²) in [5, 5.41) is 17.6. The molecule has 0 aromatic heterocycles. The van der Waals surface area contributed by atoms with Crippen molar-refractivity contribution in [2.45, 2.75) is 18.4 Å². The Kier molecular flexibility index (Phi) is 7.13. The van der Waals surface area contributed by atoms with Gasteiger partial charge in [0.05, 0.1) is 10.7 Å². The van der Waals surface area contributed by atoms with E-state index in [4.69, 9.17) is 17.0 Å². The lowest BCUT2D eigenvalue weighted by Crippen LogP contribution is -2.45. The first-order chi connectivity index (χ1) is 16.5. The number of para-hydroxylation sites is 1. The number of carbonyl (C=O) groups is 2. The average molecular weight is 476 g/mol. The first-order valence-electron chi connectivity index (χ1n) is 11.1. The van der Waals surface area contributed by atoms with Crippen LogP contribution in [-0.2, 0) is 10.3 Å². The van der Waals surface area contributed by atoms with Crippen LogP contribution in [-0.4, -0.2) is 35.9 Å². The molecule has 0 saturated carbocycles. The first kappa shape index (κ1) is 23.3. The summed E-state index contributed by atoms with van der Waals surface area (Å²) in [6, 6.07) is 25.6. The van der Waals surface area contributed by atoms with E-state index in [1.165, 1.54) is 4.90 Å². The second-order valence-electron chi connectivity index (χ2n) is 7.98. The number of urea groups is 1. The number of rotatable bonds is 8. The van der Waals surface area contributed by atoms with E-state index in [0.717, 1.165) is 11.1 Å². The van der Waals surface area contributed by atoms with Gasteiger partial charge in [-0.25, -0.2) is 4.79 Å². The SMILES string of the molecule is N=C1NC(c2ccccc2)(c2ccccc2)C(=O)N1CCCCNC(=O)Nc1ccccc1Cl. The number of benzene rings is 3. The maximum atomic E-state index is 13.7. The minimum Gasteiger partial charge on any atom is -0.338 e. The molecular formula is C26H26ClN5O2. The van der Waals surface area contributed by atoms with Gasteiger partial charge in [0.1, 0.15) is 0 Å². The normalized spacial score (nSPS) is 14.6. The van der Waals surface area contributed by atoms with Crippen LogP contribution in [0.5, 0.6) is 0 Å². The van der Waals surface area contributed by atoms with Gasteiger partial charge >= 0.3 is 6.03 Å². The minimum atomic E-state index is -1.13. The molecule has 1 aliphatic rings. The summed E-state index contributed by atoms with van der Waals surface area (Å²) in [5.41, 5.74) is 0.988. The fraction of sp³-hybridized carbons (Fsp3) is 0.192. The fourth-order valence-corrected chi connectivity index (χ4v) is 4.26. The van der Waals surface area contributed by atoms with Crippen molar-refractivity contribution < 1.29 is 9.59 Å². The molecule has 0 spiro atoms. The zero-order valence-electron chi connectivity index (χ0n) is 18.6. The summed E-state index contributed by atoms with van der Waals surface area (Å²) in [5.74, 6) is -0.110. The zero-order valence-corrected chi connectivity index (χ0v) is 19.3. The Morgan fingerprint density at radius 1 is 0.912 bits per heavy atom. The molecule has 0 bridgehead atoms. The van der Waals surface area contributed by atoms with Crippen molar-refractivity contribution in [3.63, 3.8) is 0 Å². The van der Waals surface area contributed by atoms with Gasteiger partial charge in [0.2, 0.25) is 0 Å². The number of carbonyl (C=O) groups excluding carboxylic acids is 2. The highest BCUT2D eigenvalue weighted by atomic mass is 35.5. The lowest BCUT2D eigenvalue weighted by Gasteiger charge is -2.28. The predicted octanol–water partition coefficient (Wildman–Crippen LogP) is 4.55. The molecule has 0 radical (unpaired) electrons. The second kappa shape index (κ2) is 10.4. The highest BCUT2D eigenvalue weighted by molar-refractivity contribution is 6.33. The van der Waals surface area contributed by atoms with Crippen molar-refractivity contribution in [3.05, 3.63) is 101 Å². The quantitative estimate of drug-likeness (QED) is 0.360. The van der Waals surface area contributed by atoms with E-state index in [-0.39, 0.29) is 17.9 Å². The van der Waals surface area contributed by atoms with Gasteiger partial charge in [-0.2, -0.15) is 0 Å². The molecule has 3 amide bonds. The molecule has 1 heterocycles. The summed E-state index contributed by atoms with van der Waals surface area (Å²) >= 11 is 6.06. The number of anilines is 1. The Morgan fingerprint density at radius 3 is 2.12 bits per heavy atom. The van der Waals surface area contributed by atoms with E-state index in [9.17, 15) is 9.59 Å². The number of halogens is 1. The van der Waals surface area contributed by atoms with E-state index >= 15 is 0 Å². The Hall–Kier alpha value is -3.84. The molecule has 0 atom stereocenters. The molecule has 1 fully saturated rings. The van der Waals surface area contributed by atoms with Crippen LogP contribution >= 0.6 is 11.6 Å². The van der Waals surface area contributed by atoms with E-state index in [1.54, 1.807) is 24.3 Å². The van der Waals surface area contributed by atoms with Crippen LogP contribution in [0.15, 0.2) is 84.9 Å². The summed E-state index contributed by atoms with van der Waals surface area (Å²) in [7, 11) is 0. The van der Waals surface area contributed by atoms with Gasteiger partial charge in [0, 0.05) is 13.1 Å².